The summed E-state index contributed by atoms with van der Waals surface area (Å²) >= 11 is 0. The zero-order valence-electron chi connectivity index (χ0n) is 9.57. The number of esters is 1. The number of nitrogens with zero attached hydrogens (tertiary/aromatic N) is 1. The number of carbonyl (C=O) groups is 1. The Hall–Kier alpha value is -1.10. The van der Waals surface area contributed by atoms with Gasteiger partial charge in [-0.1, -0.05) is 5.16 Å². The van der Waals surface area contributed by atoms with Crippen LogP contribution in [0.2, 0.25) is 0 Å². The number of hydrogen-bond donors (Lipinski definition) is 0. The maximum atomic E-state index is 11.5. The highest BCUT2D eigenvalue weighted by Gasteiger charge is 2.49. The fraction of sp³-hybridized carbons (Fsp3) is 0.800. The summed E-state index contributed by atoms with van der Waals surface area (Å²) in [7, 11) is 0. The van der Waals surface area contributed by atoms with Gasteiger partial charge in [-0.2, -0.15) is 0 Å². The van der Waals surface area contributed by atoms with E-state index in [0.717, 1.165) is 0 Å². The Labute approximate surface area is 89.4 Å². The van der Waals surface area contributed by atoms with Crippen LogP contribution in [-0.4, -0.2) is 36.6 Å². The van der Waals surface area contributed by atoms with Crippen LogP contribution in [0.25, 0.3) is 0 Å². The van der Waals surface area contributed by atoms with Gasteiger partial charge >= 0.3 is 5.97 Å². The molecule has 0 N–H and O–H groups in total. The van der Waals surface area contributed by atoms with Gasteiger partial charge in [0.05, 0.1) is 13.2 Å². The van der Waals surface area contributed by atoms with Crippen LogP contribution in [0, 0.1) is 0 Å². The third-order valence-corrected chi connectivity index (χ3v) is 1.90. The molecule has 1 rings (SSSR count). The first-order valence-electron chi connectivity index (χ1n) is 5.05. The van der Waals surface area contributed by atoms with Crippen LogP contribution in [0.5, 0.6) is 0 Å². The first-order chi connectivity index (χ1) is 6.99. The molecule has 1 heterocycles. The lowest BCUT2D eigenvalue weighted by Gasteiger charge is -2.10. The van der Waals surface area contributed by atoms with Crippen molar-refractivity contribution in [3.05, 3.63) is 0 Å². The van der Waals surface area contributed by atoms with Crippen molar-refractivity contribution in [1.29, 1.82) is 0 Å². The van der Waals surface area contributed by atoms with Crippen molar-refractivity contribution in [2.24, 2.45) is 5.16 Å². The van der Waals surface area contributed by atoms with E-state index in [1.807, 2.05) is 13.8 Å². The Morgan fingerprint density at radius 2 is 2.20 bits per heavy atom. The quantitative estimate of drug-likeness (QED) is 0.298. The summed E-state index contributed by atoms with van der Waals surface area (Å²) in [6.45, 7) is 7.99. The van der Waals surface area contributed by atoms with Crippen LogP contribution in [0.3, 0.4) is 0 Å². The average molecular weight is 215 g/mol. The molecule has 0 radical (unpaired) electrons. The first-order valence-corrected chi connectivity index (χ1v) is 5.05. The number of epoxide rings is 1. The van der Waals surface area contributed by atoms with Gasteiger partial charge in [-0.15, -0.1) is 0 Å². The van der Waals surface area contributed by atoms with E-state index >= 15 is 0 Å². The summed E-state index contributed by atoms with van der Waals surface area (Å²) in [6, 6.07) is 0. The van der Waals surface area contributed by atoms with Crippen LogP contribution < -0.4 is 0 Å². The molecule has 0 aromatic carbocycles. The number of carbonyl (C=O) groups excluding carboxylic acids is 1. The summed E-state index contributed by atoms with van der Waals surface area (Å²) in [5, 5.41) is 3.79. The molecule has 1 aliphatic rings. The number of oxime groups is 1. The molecule has 0 spiro atoms. The van der Waals surface area contributed by atoms with Crippen molar-refractivity contribution < 1.29 is 19.1 Å². The molecule has 0 aromatic rings. The van der Waals surface area contributed by atoms with Crippen molar-refractivity contribution in [1.82, 2.24) is 0 Å². The molecule has 0 aromatic heterocycles. The molecule has 1 atom stereocenters. The fourth-order valence-corrected chi connectivity index (χ4v) is 0.952. The fourth-order valence-electron chi connectivity index (χ4n) is 0.952. The Bertz CT molecular complexity index is 269. The molecule has 0 bridgehead atoms. The van der Waals surface area contributed by atoms with E-state index in [1.54, 1.807) is 13.8 Å². The highest BCUT2D eigenvalue weighted by molar-refractivity contribution is 6.40. The second kappa shape index (κ2) is 4.61. The smallest absolute Gasteiger partial charge is 0.359 e. The van der Waals surface area contributed by atoms with Gasteiger partial charge in [0, 0.05) is 0 Å². The lowest BCUT2D eigenvalue weighted by Crippen LogP contribution is -2.31. The summed E-state index contributed by atoms with van der Waals surface area (Å²) in [6.07, 6.45) is -0.0724. The largest absolute Gasteiger partial charge is 0.461 e. The number of hydrogen-bond acceptors (Lipinski definition) is 5. The maximum Gasteiger partial charge on any atom is 0.359 e. The van der Waals surface area contributed by atoms with Gasteiger partial charge in [0.1, 0.15) is 11.7 Å². The molecule has 0 amide bonds. The molecule has 1 unspecified atom stereocenters. The molecule has 1 saturated heterocycles. The van der Waals surface area contributed by atoms with Gasteiger partial charge in [-0.3, -0.25) is 0 Å². The zero-order chi connectivity index (χ0) is 11.5. The Kier molecular flexibility index (Phi) is 3.68. The van der Waals surface area contributed by atoms with E-state index in [4.69, 9.17) is 14.3 Å². The lowest BCUT2D eigenvalue weighted by atomic mass is 10.1. The molecule has 5 nitrogen and oxygen atoms in total. The minimum atomic E-state index is -0.624. The summed E-state index contributed by atoms with van der Waals surface area (Å²) in [4.78, 5) is 16.6. The standard InChI is InChI=1S/C10H17NO4/c1-5-13-9(12)8(10(4)6-14-10)11-15-7(2)3/h7H,5-6H2,1-4H3/b11-8-. The SMILES string of the molecule is CCOC(=O)/C(=N/OC(C)C)C1(C)CO1. The van der Waals surface area contributed by atoms with Crippen LogP contribution in [0.1, 0.15) is 27.7 Å². The third-order valence-electron chi connectivity index (χ3n) is 1.90. The molecular formula is C10H17NO4. The van der Waals surface area contributed by atoms with Crippen LogP contribution >= 0.6 is 0 Å². The van der Waals surface area contributed by atoms with Gasteiger partial charge in [-0.25, -0.2) is 4.79 Å². The van der Waals surface area contributed by atoms with E-state index in [9.17, 15) is 4.79 Å². The Morgan fingerprint density at radius 3 is 2.60 bits per heavy atom. The van der Waals surface area contributed by atoms with E-state index in [2.05, 4.69) is 5.16 Å². The van der Waals surface area contributed by atoms with Crippen molar-refractivity contribution in [3.8, 4) is 0 Å². The van der Waals surface area contributed by atoms with E-state index in [1.165, 1.54) is 0 Å². The highest BCUT2D eigenvalue weighted by Crippen LogP contribution is 2.28. The molecule has 0 aliphatic carbocycles. The second-order valence-corrected chi connectivity index (χ2v) is 3.83. The second-order valence-electron chi connectivity index (χ2n) is 3.83. The summed E-state index contributed by atoms with van der Waals surface area (Å²) in [5.41, 5.74) is -0.417. The molecular weight excluding hydrogens is 198 g/mol. The first kappa shape index (κ1) is 12.0. The Balaban J connectivity index is 2.69. The van der Waals surface area contributed by atoms with E-state index < -0.39 is 11.6 Å². The molecule has 0 saturated carbocycles. The predicted octanol–water partition coefficient (Wildman–Crippen LogP) is 1.12. The molecule has 1 aliphatic heterocycles. The number of ether oxygens (including phenoxy) is 2. The minimum Gasteiger partial charge on any atom is -0.461 e. The monoisotopic (exact) mass is 215 g/mol. The average Bonchev–Trinajstić information content (AvgIpc) is 2.84. The van der Waals surface area contributed by atoms with Crippen molar-refractivity contribution in [3.63, 3.8) is 0 Å². The maximum absolute atomic E-state index is 11.5. The topological polar surface area (TPSA) is 60.4 Å². The van der Waals surface area contributed by atoms with Crippen LogP contribution in [0.4, 0.5) is 0 Å². The van der Waals surface area contributed by atoms with Gasteiger partial charge in [0.25, 0.3) is 0 Å². The number of rotatable bonds is 5. The molecule has 86 valence electrons. The molecule has 1 fully saturated rings. The lowest BCUT2D eigenvalue weighted by molar-refractivity contribution is -0.135. The van der Waals surface area contributed by atoms with Crippen LogP contribution in [0.15, 0.2) is 5.16 Å². The normalized spacial score (nSPS) is 25.3. The van der Waals surface area contributed by atoms with Crippen molar-refractivity contribution in [2.45, 2.75) is 39.4 Å². The van der Waals surface area contributed by atoms with Crippen LogP contribution in [-0.2, 0) is 19.1 Å². The summed E-state index contributed by atoms with van der Waals surface area (Å²) < 4.78 is 10.0. The van der Waals surface area contributed by atoms with Gasteiger partial charge in [-0.05, 0) is 27.7 Å². The summed E-state index contributed by atoms with van der Waals surface area (Å²) in [5.74, 6) is -0.474. The van der Waals surface area contributed by atoms with E-state index in [0.29, 0.717) is 13.2 Å². The Morgan fingerprint density at radius 1 is 1.60 bits per heavy atom. The third kappa shape index (κ3) is 3.20. The van der Waals surface area contributed by atoms with Gasteiger partial charge in [0.15, 0.2) is 5.71 Å². The molecule has 15 heavy (non-hydrogen) atoms. The van der Waals surface area contributed by atoms with E-state index in [-0.39, 0.29) is 11.8 Å². The van der Waals surface area contributed by atoms with Crippen molar-refractivity contribution >= 4 is 11.7 Å². The predicted molar refractivity (Wildman–Crippen MR) is 54.6 cm³/mol. The highest BCUT2D eigenvalue weighted by atomic mass is 16.6. The van der Waals surface area contributed by atoms with Crippen molar-refractivity contribution in [2.75, 3.05) is 13.2 Å². The molecule has 5 heteroatoms. The van der Waals surface area contributed by atoms with Gasteiger partial charge in [0.2, 0.25) is 0 Å². The minimum absolute atomic E-state index is 0.0724. The zero-order valence-corrected chi connectivity index (χ0v) is 9.57. The van der Waals surface area contributed by atoms with Gasteiger partial charge < -0.3 is 14.3 Å².